The second-order valence-corrected chi connectivity index (χ2v) is 7.16. The van der Waals surface area contributed by atoms with Crippen LogP contribution in [0.3, 0.4) is 0 Å². The van der Waals surface area contributed by atoms with Crippen LogP contribution in [0.15, 0.2) is 55.1 Å². The fourth-order valence-electron chi connectivity index (χ4n) is 3.25. The van der Waals surface area contributed by atoms with E-state index in [4.69, 9.17) is 0 Å². The Labute approximate surface area is 189 Å². The molecule has 0 amide bonds. The fourth-order valence-corrected chi connectivity index (χ4v) is 3.25. The van der Waals surface area contributed by atoms with E-state index in [0.717, 1.165) is 12.4 Å². The molecule has 4 aromatic rings. The first kappa shape index (κ1) is 24.3. The molecule has 0 radical (unpaired) electrons. The molecule has 0 aliphatic rings. The summed E-state index contributed by atoms with van der Waals surface area (Å²) in [4.78, 5) is 11.8. The second-order valence-electron chi connectivity index (χ2n) is 7.16. The highest BCUT2D eigenvalue weighted by atomic mass is 19.4. The Morgan fingerprint density at radius 2 is 1.49 bits per heavy atom. The number of hydrogen-bond acceptors (Lipinski definition) is 4. The zero-order valence-electron chi connectivity index (χ0n) is 17.0. The molecule has 0 N–H and O–H groups in total. The van der Waals surface area contributed by atoms with Crippen molar-refractivity contribution in [1.82, 2.24) is 19.4 Å². The summed E-state index contributed by atoms with van der Waals surface area (Å²) in [6, 6.07) is 5.31. The van der Waals surface area contributed by atoms with Crippen LogP contribution in [0.4, 0.5) is 39.5 Å². The maximum Gasteiger partial charge on any atom is 0.431 e. The molecule has 0 saturated carbocycles. The lowest BCUT2D eigenvalue weighted by Crippen LogP contribution is -2.21. The maximum atomic E-state index is 13.8. The van der Waals surface area contributed by atoms with Gasteiger partial charge < -0.3 is 4.74 Å². The molecule has 0 aliphatic carbocycles. The van der Waals surface area contributed by atoms with Crippen molar-refractivity contribution in [3.05, 3.63) is 66.4 Å². The normalized spacial score (nSPS) is 12.8. The number of halogens is 9. The molecule has 0 bridgehead atoms. The third kappa shape index (κ3) is 5.15. The second kappa shape index (κ2) is 8.43. The number of benzene rings is 1. The summed E-state index contributed by atoms with van der Waals surface area (Å²) in [5.74, 6) is -1.13. The van der Waals surface area contributed by atoms with Gasteiger partial charge in [-0.05, 0) is 36.4 Å². The molecular weight excluding hydrogens is 495 g/mol. The Balaban J connectivity index is 1.90. The minimum absolute atomic E-state index is 0.0147. The van der Waals surface area contributed by atoms with Crippen LogP contribution in [-0.4, -0.2) is 32.1 Å². The average Bonchev–Trinajstić information content (AvgIpc) is 3.19. The van der Waals surface area contributed by atoms with Gasteiger partial charge in [0.2, 0.25) is 0 Å². The minimum atomic E-state index is -5.16. The average molecular weight is 506 g/mol. The minimum Gasteiger partial charge on any atom is -0.483 e. The summed E-state index contributed by atoms with van der Waals surface area (Å²) >= 11 is 0. The lowest BCUT2D eigenvalue weighted by Gasteiger charge is -2.17. The number of alkyl halides is 9. The summed E-state index contributed by atoms with van der Waals surface area (Å²) in [5, 5.41) is 0. The Hall–Kier alpha value is -3.84. The van der Waals surface area contributed by atoms with Crippen molar-refractivity contribution in [1.29, 1.82) is 0 Å². The summed E-state index contributed by atoms with van der Waals surface area (Å²) in [6.07, 6.45) is -11.4. The molecule has 0 aliphatic heterocycles. The molecule has 0 spiro atoms. The predicted octanol–water partition coefficient (Wildman–Crippen LogP) is 6.44. The molecule has 14 heteroatoms. The maximum absolute atomic E-state index is 13.8. The number of imidazole rings is 1. The lowest BCUT2D eigenvalue weighted by atomic mass is 10.1. The number of aromatic nitrogens is 4. The molecule has 5 nitrogen and oxygen atoms in total. The van der Waals surface area contributed by atoms with Crippen LogP contribution in [-0.2, 0) is 12.4 Å². The highest BCUT2D eigenvalue weighted by Crippen LogP contribution is 2.40. The van der Waals surface area contributed by atoms with Crippen molar-refractivity contribution in [2.45, 2.75) is 18.5 Å². The first-order chi connectivity index (χ1) is 16.2. The van der Waals surface area contributed by atoms with Gasteiger partial charge in [0.1, 0.15) is 23.5 Å². The monoisotopic (exact) mass is 506 g/mol. The number of fused-ring (bicyclic) bond motifs is 1. The zero-order valence-corrected chi connectivity index (χ0v) is 17.0. The molecule has 1 aromatic carbocycles. The van der Waals surface area contributed by atoms with Crippen LogP contribution in [0.1, 0.15) is 11.3 Å². The molecule has 184 valence electrons. The van der Waals surface area contributed by atoms with Crippen molar-refractivity contribution in [3.8, 4) is 28.3 Å². The summed E-state index contributed by atoms with van der Waals surface area (Å²) in [6.45, 7) is -1.98. The van der Waals surface area contributed by atoms with Gasteiger partial charge in [0.25, 0.3) is 0 Å². The molecule has 3 heterocycles. The Kier molecular flexibility index (Phi) is 5.85. The SMILES string of the molecule is FC(F)(F)COc1ccc(-c2cc(C(F)(F)F)n3cnc(-c4ccncc4)c3n2)cc1C(F)(F)F. The van der Waals surface area contributed by atoms with E-state index >= 15 is 0 Å². The fraction of sp³-hybridized carbons (Fsp3) is 0.190. The van der Waals surface area contributed by atoms with Crippen LogP contribution in [0.25, 0.3) is 28.2 Å². The van der Waals surface area contributed by atoms with Crippen molar-refractivity contribution in [3.63, 3.8) is 0 Å². The topological polar surface area (TPSA) is 52.3 Å². The van der Waals surface area contributed by atoms with Gasteiger partial charge in [0.15, 0.2) is 12.3 Å². The van der Waals surface area contributed by atoms with E-state index in [2.05, 4.69) is 19.7 Å². The third-order valence-corrected chi connectivity index (χ3v) is 4.72. The Morgan fingerprint density at radius 3 is 2.09 bits per heavy atom. The first-order valence-electron chi connectivity index (χ1n) is 9.51. The van der Waals surface area contributed by atoms with E-state index in [-0.39, 0.29) is 11.3 Å². The van der Waals surface area contributed by atoms with Crippen LogP contribution in [0, 0.1) is 0 Å². The number of rotatable bonds is 4. The Morgan fingerprint density at radius 1 is 0.800 bits per heavy atom. The highest BCUT2D eigenvalue weighted by molar-refractivity contribution is 5.76. The van der Waals surface area contributed by atoms with Crippen molar-refractivity contribution < 1.29 is 44.3 Å². The molecule has 4 rings (SSSR count). The van der Waals surface area contributed by atoms with E-state index in [1.807, 2.05) is 0 Å². The first-order valence-corrected chi connectivity index (χ1v) is 9.51. The molecule has 35 heavy (non-hydrogen) atoms. The van der Waals surface area contributed by atoms with Gasteiger partial charge in [-0.3, -0.25) is 9.38 Å². The molecular formula is C21H11F9N4O. The third-order valence-electron chi connectivity index (χ3n) is 4.72. The molecule has 0 unspecified atom stereocenters. The van der Waals surface area contributed by atoms with E-state index in [1.165, 1.54) is 24.5 Å². The van der Waals surface area contributed by atoms with E-state index < -0.39 is 53.4 Å². The molecule has 0 atom stereocenters. The largest absolute Gasteiger partial charge is 0.483 e. The standard InChI is InChI=1S/C21H11F9N4O/c22-19(23,24)9-35-15-2-1-12(7-13(15)20(25,26)27)14-8-16(21(28,29)30)34-10-32-17(18(34)33-14)11-3-5-31-6-4-11/h1-8,10H,9H2. The van der Waals surface area contributed by atoms with Gasteiger partial charge in [-0.2, -0.15) is 39.5 Å². The van der Waals surface area contributed by atoms with Crippen molar-refractivity contribution in [2.75, 3.05) is 6.61 Å². The smallest absolute Gasteiger partial charge is 0.431 e. The van der Waals surface area contributed by atoms with Gasteiger partial charge in [-0.25, -0.2) is 9.97 Å². The van der Waals surface area contributed by atoms with E-state index in [9.17, 15) is 39.5 Å². The van der Waals surface area contributed by atoms with Crippen molar-refractivity contribution in [2.24, 2.45) is 0 Å². The summed E-state index contributed by atoms with van der Waals surface area (Å²) in [5.41, 5.74) is -3.73. The van der Waals surface area contributed by atoms with Gasteiger partial charge in [-0.15, -0.1) is 0 Å². The van der Waals surface area contributed by atoms with E-state index in [1.54, 1.807) is 0 Å². The summed E-state index contributed by atoms with van der Waals surface area (Å²) in [7, 11) is 0. The van der Waals surface area contributed by atoms with Crippen LogP contribution in [0.2, 0.25) is 0 Å². The number of pyridine rings is 1. The predicted molar refractivity (Wildman–Crippen MR) is 103 cm³/mol. The Bertz CT molecular complexity index is 1360. The number of nitrogens with zero attached hydrogens (tertiary/aromatic N) is 4. The van der Waals surface area contributed by atoms with Gasteiger partial charge >= 0.3 is 18.5 Å². The van der Waals surface area contributed by atoms with Crippen LogP contribution < -0.4 is 4.74 Å². The van der Waals surface area contributed by atoms with E-state index in [0.29, 0.717) is 28.2 Å². The van der Waals surface area contributed by atoms with Crippen molar-refractivity contribution >= 4 is 5.65 Å². The number of hydrogen-bond donors (Lipinski definition) is 0. The van der Waals surface area contributed by atoms with Crippen LogP contribution in [0.5, 0.6) is 5.75 Å². The molecule has 3 aromatic heterocycles. The molecule has 0 fully saturated rings. The summed E-state index contributed by atoms with van der Waals surface area (Å²) < 4.78 is 124. The quantitative estimate of drug-likeness (QED) is 0.299. The van der Waals surface area contributed by atoms with Gasteiger partial charge in [-0.1, -0.05) is 0 Å². The van der Waals surface area contributed by atoms with Gasteiger partial charge in [0, 0.05) is 23.5 Å². The molecule has 0 saturated heterocycles. The van der Waals surface area contributed by atoms with Crippen LogP contribution >= 0.6 is 0 Å². The highest BCUT2D eigenvalue weighted by Gasteiger charge is 2.38. The number of ether oxygens (including phenoxy) is 1. The zero-order chi connectivity index (χ0) is 25.6. The van der Waals surface area contributed by atoms with Gasteiger partial charge in [0.05, 0.1) is 11.3 Å². The lowest BCUT2D eigenvalue weighted by molar-refractivity contribution is -0.158.